The third kappa shape index (κ3) is 10.7. The van der Waals surface area contributed by atoms with Gasteiger partial charge in [0.25, 0.3) is 0 Å². The standard InChI is InChI=1S/C46H29N3.C40H24N2S.C34H19NS2/c1-4-14-31(15-5-1)47-39-23-13-11-21-35(39)45-40(47)26-24-30-25-27-41-46(44(30)45)37-28-36-34-20-10-12-22-38(34)48(32-16-6-2-7-17-32)42(36)29-43(37)49(41)33-18-8-3-9-19-33;1-3-11-26(12-4-1)41-32-17-9-7-16-29(32)39-33(41)21-19-25-20-22-34-40(38(25)39)31-23-30-28-15-8-10-18-36(28)43-37(30)24-35(31)42(34)27-13-5-2-6-14-27;1-2-8-21(9-3-1)35-26-16-14-20-15-17-30-34(23-11-5-7-13-29(23)36-30)32(20)33(26)25-18-24-22-10-4-6-12-28(22)37-31(24)19-27(25)35/h1-29H;1-24H;1-19H. The molecule has 0 unspecified atom stereocenters. The molecule has 129 heavy (non-hydrogen) atoms. The van der Waals surface area contributed by atoms with Crippen molar-refractivity contribution >= 4 is 258 Å². The van der Waals surface area contributed by atoms with Crippen molar-refractivity contribution in [3.05, 3.63) is 437 Å². The molecule has 0 fully saturated rings. The minimum atomic E-state index is 1.16. The van der Waals surface area contributed by atoms with Crippen molar-refractivity contribution in [1.82, 2.24) is 27.4 Å². The van der Waals surface area contributed by atoms with E-state index in [1.807, 2.05) is 34.0 Å². The lowest BCUT2D eigenvalue weighted by Crippen LogP contribution is -1.95. The van der Waals surface area contributed by atoms with Crippen molar-refractivity contribution in [3.63, 3.8) is 0 Å². The van der Waals surface area contributed by atoms with Crippen LogP contribution in [0.1, 0.15) is 0 Å². The summed E-state index contributed by atoms with van der Waals surface area (Å²) in [5.41, 5.74) is 21.8. The average Bonchev–Trinajstić information content (AvgIpc) is 1.56. The topological polar surface area (TPSA) is 29.6 Å². The number of rotatable bonds is 6. The third-order valence-electron chi connectivity index (χ3n) is 27.2. The number of para-hydroxylation sites is 9. The predicted octanol–water partition coefficient (Wildman–Crippen LogP) is 34.2. The van der Waals surface area contributed by atoms with E-state index >= 15 is 0 Å². The van der Waals surface area contributed by atoms with E-state index in [0.29, 0.717) is 0 Å². The van der Waals surface area contributed by atoms with E-state index in [1.54, 1.807) is 0 Å². The van der Waals surface area contributed by atoms with Crippen LogP contribution < -0.4 is 0 Å². The molecule has 9 aromatic heterocycles. The van der Waals surface area contributed by atoms with Gasteiger partial charge in [0.05, 0.1) is 66.2 Å². The van der Waals surface area contributed by atoms with Gasteiger partial charge in [-0.25, -0.2) is 0 Å². The van der Waals surface area contributed by atoms with E-state index in [-0.39, 0.29) is 0 Å². The lowest BCUT2D eigenvalue weighted by molar-refractivity contribution is 1.16. The van der Waals surface area contributed by atoms with E-state index in [9.17, 15) is 0 Å². The number of benzene rings is 21. The Kier molecular flexibility index (Phi) is 15.8. The first kappa shape index (κ1) is 72.2. The maximum atomic E-state index is 2.46. The van der Waals surface area contributed by atoms with Gasteiger partial charge < -0.3 is 27.4 Å². The number of fused-ring (bicyclic) bond motifs is 36. The molecule has 0 spiro atoms. The molecule has 9 heteroatoms. The molecule has 0 aliphatic heterocycles. The molecule has 9 heterocycles. The SMILES string of the molecule is c1ccc(-n2c3cc4sc5ccccc5c4cc3c3c4c(ccc5sc6ccccc6c54)ccc32)cc1.c1ccc(-n2c3ccccc3c3c4c(ccc32)ccc2c4c3cc4c(cc3n2-c2ccccc2)sc2ccccc24)cc1.c1ccc(-n2c3ccccc3c3cc4c5c6c(ccc7c6c6ccccc6n7-c6ccccc6)ccc5n(-c5ccccc5)c4cc32)cc1. The largest absolute Gasteiger partial charge is 0.309 e. The minimum absolute atomic E-state index is 1.16. The molecule has 0 saturated carbocycles. The highest BCUT2D eigenvalue weighted by Crippen LogP contribution is 2.52. The first-order valence-electron chi connectivity index (χ1n) is 44.1. The summed E-state index contributed by atoms with van der Waals surface area (Å²) < 4.78 is 22.7. The Morgan fingerprint density at radius 2 is 0.364 bits per heavy atom. The van der Waals surface area contributed by atoms with E-state index in [2.05, 4.69) is 464 Å². The molecular formula is C120H72N6S3. The Bertz CT molecular complexity index is 9940. The van der Waals surface area contributed by atoms with Gasteiger partial charge >= 0.3 is 0 Å². The van der Waals surface area contributed by atoms with Gasteiger partial charge in [-0.3, -0.25) is 0 Å². The Morgan fingerprint density at radius 1 is 0.116 bits per heavy atom. The molecule has 0 N–H and O–H groups in total. The Hall–Kier alpha value is -16.1. The lowest BCUT2D eigenvalue weighted by Gasteiger charge is -2.10. The van der Waals surface area contributed by atoms with Gasteiger partial charge in [0.15, 0.2) is 0 Å². The van der Waals surface area contributed by atoms with Gasteiger partial charge in [-0.15, -0.1) is 34.0 Å². The van der Waals surface area contributed by atoms with Crippen molar-refractivity contribution in [1.29, 1.82) is 0 Å². The van der Waals surface area contributed by atoms with Gasteiger partial charge in [0.1, 0.15) is 0 Å². The summed E-state index contributed by atoms with van der Waals surface area (Å²) in [6.07, 6.45) is 0. The normalized spacial score (nSPS) is 12.2. The number of hydrogen-bond acceptors (Lipinski definition) is 3. The smallest absolute Gasteiger partial charge is 0.0562 e. The van der Waals surface area contributed by atoms with E-state index < -0.39 is 0 Å². The number of aromatic nitrogens is 6. The van der Waals surface area contributed by atoms with Crippen LogP contribution in [0.5, 0.6) is 0 Å². The second-order valence-electron chi connectivity index (χ2n) is 34.0. The molecular weight excluding hydrogens is 1620 g/mol. The molecule has 0 aliphatic carbocycles. The predicted molar refractivity (Wildman–Crippen MR) is 557 cm³/mol. The molecule has 600 valence electrons. The number of nitrogens with zero attached hydrogens (tertiary/aromatic N) is 6. The number of thiophene rings is 3. The Morgan fingerprint density at radius 3 is 0.744 bits per heavy atom. The fraction of sp³-hybridized carbons (Fsp3) is 0. The molecule has 6 nitrogen and oxygen atoms in total. The molecule has 0 bridgehead atoms. The van der Waals surface area contributed by atoms with Crippen LogP contribution in [0.25, 0.3) is 258 Å². The van der Waals surface area contributed by atoms with Crippen LogP contribution in [0.2, 0.25) is 0 Å². The van der Waals surface area contributed by atoms with Crippen molar-refractivity contribution in [3.8, 4) is 34.1 Å². The third-order valence-corrected chi connectivity index (χ3v) is 30.6. The fourth-order valence-electron chi connectivity index (χ4n) is 21.9. The second kappa shape index (κ2) is 28.2. The van der Waals surface area contributed by atoms with Crippen LogP contribution in [0, 0.1) is 0 Å². The molecule has 0 aliphatic rings. The van der Waals surface area contributed by atoms with Gasteiger partial charge in [-0.2, -0.15) is 0 Å². The highest BCUT2D eigenvalue weighted by Gasteiger charge is 2.28. The minimum Gasteiger partial charge on any atom is -0.309 e. The van der Waals surface area contributed by atoms with Gasteiger partial charge in [-0.05, 0) is 198 Å². The first-order chi connectivity index (χ1) is 64.0. The van der Waals surface area contributed by atoms with Gasteiger partial charge in [-0.1, -0.05) is 255 Å². The second-order valence-corrected chi connectivity index (χ2v) is 37.3. The lowest BCUT2D eigenvalue weighted by atomic mass is 9.98. The van der Waals surface area contributed by atoms with Crippen LogP contribution in [0.3, 0.4) is 0 Å². The quantitative estimate of drug-likeness (QED) is 0.159. The van der Waals surface area contributed by atoms with Crippen molar-refractivity contribution < 1.29 is 0 Å². The molecule has 0 radical (unpaired) electrons. The zero-order valence-corrected chi connectivity index (χ0v) is 71.9. The Labute approximate surface area is 750 Å². The molecule has 30 aromatic rings. The van der Waals surface area contributed by atoms with E-state index in [4.69, 9.17) is 0 Å². The fourth-order valence-corrected chi connectivity index (χ4v) is 25.3. The van der Waals surface area contributed by atoms with E-state index in [1.165, 1.54) is 246 Å². The maximum absolute atomic E-state index is 2.46. The Balaban J connectivity index is 0.0000000985. The summed E-state index contributed by atoms with van der Waals surface area (Å²) in [4.78, 5) is 0. The summed E-state index contributed by atoms with van der Waals surface area (Å²) in [6, 6.07) is 160. The van der Waals surface area contributed by atoms with Crippen LogP contribution in [0.4, 0.5) is 0 Å². The van der Waals surface area contributed by atoms with Crippen molar-refractivity contribution in [2.75, 3.05) is 0 Å². The molecule has 0 atom stereocenters. The number of hydrogen-bond donors (Lipinski definition) is 0. The van der Waals surface area contributed by atoms with E-state index in [0.717, 1.165) is 11.4 Å². The monoisotopic (exact) mass is 1690 g/mol. The molecule has 0 saturated heterocycles. The molecule has 0 amide bonds. The van der Waals surface area contributed by atoms with Crippen LogP contribution in [-0.2, 0) is 0 Å². The highest BCUT2D eigenvalue weighted by molar-refractivity contribution is 7.26. The van der Waals surface area contributed by atoms with Gasteiger partial charge in [0, 0.05) is 175 Å². The average molecular weight is 1690 g/mol. The van der Waals surface area contributed by atoms with Crippen molar-refractivity contribution in [2.45, 2.75) is 0 Å². The first-order valence-corrected chi connectivity index (χ1v) is 46.6. The van der Waals surface area contributed by atoms with Crippen molar-refractivity contribution in [2.24, 2.45) is 0 Å². The van der Waals surface area contributed by atoms with Crippen LogP contribution >= 0.6 is 34.0 Å². The zero-order chi connectivity index (χ0) is 84.2. The molecule has 30 rings (SSSR count). The highest BCUT2D eigenvalue weighted by atomic mass is 32.1. The summed E-state index contributed by atoms with van der Waals surface area (Å²) in [6.45, 7) is 0. The summed E-state index contributed by atoms with van der Waals surface area (Å²) >= 11 is 5.67. The maximum Gasteiger partial charge on any atom is 0.0562 e. The van der Waals surface area contributed by atoms with Gasteiger partial charge in [0.2, 0.25) is 0 Å². The zero-order valence-electron chi connectivity index (χ0n) is 69.5. The molecule has 21 aromatic carbocycles. The summed E-state index contributed by atoms with van der Waals surface area (Å²) in [5.74, 6) is 0. The van der Waals surface area contributed by atoms with Crippen LogP contribution in [-0.4, -0.2) is 27.4 Å². The summed E-state index contributed by atoms with van der Waals surface area (Å²) in [7, 11) is 0. The van der Waals surface area contributed by atoms with Crippen LogP contribution in [0.15, 0.2) is 437 Å². The summed E-state index contributed by atoms with van der Waals surface area (Å²) in [5, 5.41) is 31.4.